The van der Waals surface area contributed by atoms with E-state index in [4.69, 9.17) is 0 Å². The standard InChI is InChI=1S/C22H31.C21H30.3Y/c1-13-12-14(2)21-17(16(13)4)7-8-18-19(21)10-11-22(5)15(3)6-9-20(18)22;1-13-5-7-17-16(11-13)6-8-19-18(17)9-10-21(4)15(3)14(2)12-20(19)21;;;/h11-12,15,18-20H,6-10H2,1-5H3;5,7,11,14-15,18-20H,6,8-10,12H2,1-4H3;;;/q-1;;;;. The monoisotopic (exact) mass is 844 g/mol. The molecule has 243 valence electrons. The van der Waals surface area contributed by atoms with Crippen molar-refractivity contribution in [1.82, 2.24) is 0 Å². The van der Waals surface area contributed by atoms with Crippen molar-refractivity contribution < 1.29 is 98.1 Å². The Hall–Kier alpha value is 1.75. The maximum Gasteiger partial charge on any atom is 0 e. The third kappa shape index (κ3) is 6.61. The summed E-state index contributed by atoms with van der Waals surface area (Å²) in [6, 6.07) is 9.71. The molecule has 2 aromatic carbocycles. The van der Waals surface area contributed by atoms with Crippen LogP contribution >= 0.6 is 0 Å². The first-order valence-electron chi connectivity index (χ1n) is 18.5. The maximum absolute atomic E-state index is 2.74. The zero-order valence-corrected chi connectivity index (χ0v) is 39.4. The van der Waals surface area contributed by atoms with Crippen LogP contribution in [0.1, 0.15) is 142 Å². The molecule has 3 radical (unpaired) electrons. The van der Waals surface area contributed by atoms with E-state index in [0.29, 0.717) is 10.8 Å². The average Bonchev–Trinajstić information content (AvgIpc) is 3.42. The van der Waals surface area contributed by atoms with Gasteiger partial charge in [-0.25, -0.2) is 0 Å². The minimum absolute atomic E-state index is 0. The van der Waals surface area contributed by atoms with Crippen LogP contribution in [0.5, 0.6) is 0 Å². The van der Waals surface area contributed by atoms with Crippen LogP contribution in [0.2, 0.25) is 0 Å². The summed E-state index contributed by atoms with van der Waals surface area (Å²) in [7, 11) is 0. The third-order valence-corrected chi connectivity index (χ3v) is 15.8. The van der Waals surface area contributed by atoms with Crippen molar-refractivity contribution in [3.63, 3.8) is 0 Å². The molecular weight excluding hydrogens is 783 g/mol. The molecule has 6 aliphatic rings. The summed E-state index contributed by atoms with van der Waals surface area (Å²) in [5.74, 6) is 8.24. The van der Waals surface area contributed by atoms with Crippen LogP contribution in [0.3, 0.4) is 0 Å². The van der Waals surface area contributed by atoms with E-state index in [1.54, 1.807) is 33.4 Å². The second kappa shape index (κ2) is 15.4. The van der Waals surface area contributed by atoms with Gasteiger partial charge < -0.3 is 6.42 Å². The Bertz CT molecular complexity index is 1390. The smallest absolute Gasteiger partial charge is 0 e. The van der Waals surface area contributed by atoms with Crippen LogP contribution in [-0.4, -0.2) is 0 Å². The van der Waals surface area contributed by atoms with E-state index >= 15 is 0 Å². The fourth-order valence-electron chi connectivity index (χ4n) is 12.7. The Kier molecular flexibility index (Phi) is 13.6. The zero-order chi connectivity index (χ0) is 30.4. The van der Waals surface area contributed by atoms with Gasteiger partial charge in [-0.2, -0.15) is 11.8 Å². The summed E-state index contributed by atoms with van der Waals surface area (Å²) >= 11 is 0. The first-order valence-corrected chi connectivity index (χ1v) is 18.5. The van der Waals surface area contributed by atoms with Crippen LogP contribution in [0.25, 0.3) is 0 Å². The van der Waals surface area contributed by atoms with E-state index in [1.807, 2.05) is 0 Å². The van der Waals surface area contributed by atoms with Crippen LogP contribution < -0.4 is 0 Å². The van der Waals surface area contributed by atoms with Crippen LogP contribution in [0.4, 0.5) is 0 Å². The van der Waals surface area contributed by atoms with Crippen LogP contribution in [-0.2, 0) is 111 Å². The molecule has 0 spiro atoms. The summed E-state index contributed by atoms with van der Waals surface area (Å²) in [4.78, 5) is 0. The fourth-order valence-corrected chi connectivity index (χ4v) is 12.7. The van der Waals surface area contributed by atoms with Gasteiger partial charge >= 0.3 is 0 Å². The van der Waals surface area contributed by atoms with Gasteiger partial charge in [0.1, 0.15) is 0 Å². The summed E-state index contributed by atoms with van der Waals surface area (Å²) in [6.07, 6.45) is 16.9. The molecule has 11 atom stereocenters. The Morgan fingerprint density at radius 1 is 0.739 bits per heavy atom. The van der Waals surface area contributed by atoms with Crippen molar-refractivity contribution in [2.75, 3.05) is 0 Å². The Labute approximate surface area is 359 Å². The van der Waals surface area contributed by atoms with E-state index in [0.717, 1.165) is 53.3 Å². The Morgan fingerprint density at radius 2 is 1.43 bits per heavy atom. The molecule has 4 saturated carbocycles. The van der Waals surface area contributed by atoms with Crippen molar-refractivity contribution in [2.24, 2.45) is 52.3 Å². The number of rotatable bonds is 0. The summed E-state index contributed by atoms with van der Waals surface area (Å²) in [5.41, 5.74) is 14.1. The Morgan fingerprint density at radius 3 is 2.17 bits per heavy atom. The van der Waals surface area contributed by atoms with Gasteiger partial charge in [0, 0.05) is 98.1 Å². The van der Waals surface area contributed by atoms with E-state index in [1.165, 1.54) is 75.3 Å². The molecule has 8 rings (SSSR count). The van der Waals surface area contributed by atoms with E-state index in [9.17, 15) is 0 Å². The zero-order valence-electron chi connectivity index (χ0n) is 30.9. The molecule has 0 heterocycles. The number of hydrogen-bond donors (Lipinski definition) is 0. The Balaban J connectivity index is 0.000000196. The second-order valence-electron chi connectivity index (χ2n) is 17.4. The van der Waals surface area contributed by atoms with Crippen molar-refractivity contribution in [2.45, 2.75) is 138 Å². The van der Waals surface area contributed by atoms with Gasteiger partial charge in [-0.15, -0.1) is 0 Å². The summed E-state index contributed by atoms with van der Waals surface area (Å²) < 4.78 is 0. The van der Waals surface area contributed by atoms with Crippen molar-refractivity contribution in [3.05, 3.63) is 75.2 Å². The molecule has 0 aromatic heterocycles. The molecule has 4 fully saturated rings. The molecule has 6 aliphatic carbocycles. The van der Waals surface area contributed by atoms with Crippen molar-refractivity contribution in [3.8, 4) is 0 Å². The molecule has 0 amide bonds. The molecule has 11 unspecified atom stereocenters. The first-order chi connectivity index (χ1) is 20.4. The van der Waals surface area contributed by atoms with E-state index < -0.39 is 0 Å². The predicted molar refractivity (Wildman–Crippen MR) is 184 cm³/mol. The van der Waals surface area contributed by atoms with Crippen molar-refractivity contribution >= 4 is 0 Å². The molecule has 0 nitrogen and oxygen atoms in total. The van der Waals surface area contributed by atoms with Gasteiger partial charge in [-0.05, 0) is 158 Å². The molecule has 3 heteroatoms. The fraction of sp³-hybridized carbons (Fsp3) is 0.698. The topological polar surface area (TPSA) is 0 Å². The SMILES string of the molecule is Cc1cc(C)c2c(c1C)CCC1C2C[CH-]C2(C)C(C)CCC12.Cc1ccc2c(c1)CCC1C2CCC2(C)C(C)C(C)CC12.[Y].[Y].[Y]. The molecule has 46 heavy (non-hydrogen) atoms. The number of benzene rings is 2. The molecule has 0 saturated heterocycles. The quantitative estimate of drug-likeness (QED) is 0.232. The molecule has 0 N–H and O–H groups in total. The first kappa shape index (κ1) is 40.5. The van der Waals surface area contributed by atoms with E-state index in [-0.39, 0.29) is 98.1 Å². The average molecular weight is 845 g/mol. The molecular formula is C43H61Y3-. The minimum Gasteiger partial charge on any atom is -0.322 e. The minimum atomic E-state index is 0. The van der Waals surface area contributed by atoms with Gasteiger partial charge in [0.05, 0.1) is 0 Å². The molecule has 0 bridgehead atoms. The second-order valence-corrected chi connectivity index (χ2v) is 17.4. The van der Waals surface area contributed by atoms with Gasteiger partial charge in [0.2, 0.25) is 0 Å². The van der Waals surface area contributed by atoms with E-state index in [2.05, 4.69) is 93.0 Å². The largest absolute Gasteiger partial charge is 0.322 e. The van der Waals surface area contributed by atoms with Gasteiger partial charge in [-0.3, -0.25) is 0 Å². The molecule has 2 aromatic rings. The normalized spacial score (nSPS) is 39.6. The van der Waals surface area contributed by atoms with Crippen molar-refractivity contribution in [1.29, 1.82) is 0 Å². The van der Waals surface area contributed by atoms with Crippen LogP contribution in [0, 0.1) is 86.4 Å². The number of aryl methyl sites for hydroxylation is 4. The third-order valence-electron chi connectivity index (χ3n) is 15.8. The number of hydrogen-bond acceptors (Lipinski definition) is 0. The predicted octanol–water partition coefficient (Wildman–Crippen LogP) is 11.6. The maximum atomic E-state index is 2.74. The van der Waals surface area contributed by atoms with Crippen LogP contribution in [0.15, 0.2) is 24.3 Å². The summed E-state index contributed by atoms with van der Waals surface area (Å²) in [6.45, 7) is 21.9. The summed E-state index contributed by atoms with van der Waals surface area (Å²) in [5, 5.41) is 0. The number of fused-ring (bicyclic) bond motifs is 10. The molecule has 0 aliphatic heterocycles. The van der Waals surface area contributed by atoms with Gasteiger partial charge in [0.15, 0.2) is 0 Å². The van der Waals surface area contributed by atoms with Gasteiger partial charge in [-0.1, -0.05) is 89.1 Å². The van der Waals surface area contributed by atoms with Gasteiger partial charge in [0.25, 0.3) is 0 Å².